The first kappa shape index (κ1) is 16.6. The molecule has 1 aliphatic carbocycles. The van der Waals surface area contributed by atoms with E-state index in [9.17, 15) is 4.79 Å². The van der Waals surface area contributed by atoms with E-state index in [4.69, 9.17) is 4.74 Å². The Morgan fingerprint density at radius 1 is 1.14 bits per heavy atom. The highest BCUT2D eigenvalue weighted by atomic mass is 16.6. The summed E-state index contributed by atoms with van der Waals surface area (Å²) in [6.45, 7) is 7.46. The summed E-state index contributed by atoms with van der Waals surface area (Å²) in [5.74, 6) is 1.36. The van der Waals surface area contributed by atoms with Crippen molar-refractivity contribution < 1.29 is 9.53 Å². The van der Waals surface area contributed by atoms with E-state index in [0.29, 0.717) is 12.0 Å². The maximum atomic E-state index is 12.2. The van der Waals surface area contributed by atoms with Gasteiger partial charge in [0.15, 0.2) is 0 Å². The molecule has 2 rings (SSSR count). The molecule has 2 atom stereocenters. The number of rotatable bonds is 3. The van der Waals surface area contributed by atoms with E-state index in [1.165, 1.54) is 32.1 Å². The van der Waals surface area contributed by atoms with Crippen LogP contribution in [0.4, 0.5) is 4.79 Å². The van der Waals surface area contributed by atoms with Gasteiger partial charge in [-0.05, 0) is 58.9 Å². The third kappa shape index (κ3) is 4.60. The molecule has 4 nitrogen and oxygen atoms in total. The van der Waals surface area contributed by atoms with Crippen molar-refractivity contribution in [3.8, 4) is 0 Å². The minimum atomic E-state index is -0.402. The number of carbonyl (C=O) groups excluding carboxylic acids is 1. The molecule has 0 bridgehead atoms. The Labute approximate surface area is 129 Å². The predicted octanol–water partition coefficient (Wildman–Crippen LogP) is 3.41. The fourth-order valence-corrected chi connectivity index (χ4v) is 3.92. The predicted molar refractivity (Wildman–Crippen MR) is 85.3 cm³/mol. The number of ether oxygens (including phenoxy) is 1. The van der Waals surface area contributed by atoms with Crippen molar-refractivity contribution in [3.05, 3.63) is 0 Å². The number of nitrogens with zero attached hydrogens (tertiary/aromatic N) is 1. The van der Waals surface area contributed by atoms with Gasteiger partial charge in [0.25, 0.3) is 0 Å². The Morgan fingerprint density at radius 3 is 2.38 bits per heavy atom. The maximum Gasteiger partial charge on any atom is 0.410 e. The van der Waals surface area contributed by atoms with Gasteiger partial charge in [0.2, 0.25) is 0 Å². The van der Waals surface area contributed by atoms with Gasteiger partial charge in [-0.2, -0.15) is 0 Å². The van der Waals surface area contributed by atoms with Crippen LogP contribution in [0.1, 0.15) is 59.3 Å². The zero-order valence-electron chi connectivity index (χ0n) is 14.2. The first-order valence-electron chi connectivity index (χ1n) is 8.56. The number of nitrogens with one attached hydrogen (secondary N) is 1. The summed E-state index contributed by atoms with van der Waals surface area (Å²) in [5, 5.41) is 3.54. The Bertz CT molecular complexity index is 345. The zero-order valence-corrected chi connectivity index (χ0v) is 14.2. The smallest absolute Gasteiger partial charge is 0.410 e. The van der Waals surface area contributed by atoms with Crippen LogP contribution < -0.4 is 5.32 Å². The number of amides is 1. The minimum Gasteiger partial charge on any atom is -0.444 e. The second-order valence-corrected chi connectivity index (χ2v) is 7.69. The van der Waals surface area contributed by atoms with E-state index >= 15 is 0 Å². The second kappa shape index (κ2) is 6.99. The zero-order chi connectivity index (χ0) is 15.5. The lowest BCUT2D eigenvalue weighted by Crippen LogP contribution is -2.43. The lowest BCUT2D eigenvalue weighted by Gasteiger charge is -2.34. The molecule has 2 aliphatic rings. The van der Waals surface area contributed by atoms with Crippen LogP contribution in [0.3, 0.4) is 0 Å². The molecular weight excluding hydrogens is 264 g/mol. The Hall–Kier alpha value is -0.770. The van der Waals surface area contributed by atoms with Gasteiger partial charge in [-0.15, -0.1) is 0 Å². The van der Waals surface area contributed by atoms with Crippen molar-refractivity contribution in [1.82, 2.24) is 10.2 Å². The standard InChI is InChI=1S/C17H32N2O2/c1-17(2,3)21-16(20)19-11-10-14(12-19)15(18-4)13-8-6-5-7-9-13/h13-15,18H,5-12H2,1-4H3. The van der Waals surface area contributed by atoms with Gasteiger partial charge in [-0.3, -0.25) is 0 Å². The normalized spacial score (nSPS) is 25.9. The Balaban J connectivity index is 1.89. The summed E-state index contributed by atoms with van der Waals surface area (Å²) in [5.41, 5.74) is -0.402. The van der Waals surface area contributed by atoms with Crippen molar-refractivity contribution >= 4 is 6.09 Å². The molecule has 1 saturated carbocycles. The molecule has 0 radical (unpaired) electrons. The van der Waals surface area contributed by atoms with E-state index in [2.05, 4.69) is 12.4 Å². The molecule has 122 valence electrons. The van der Waals surface area contributed by atoms with E-state index in [1.54, 1.807) is 0 Å². The molecule has 0 aromatic rings. The number of likely N-dealkylation sites (tertiary alicyclic amines) is 1. The molecule has 0 aromatic carbocycles. The molecule has 21 heavy (non-hydrogen) atoms. The first-order valence-corrected chi connectivity index (χ1v) is 8.56. The summed E-state index contributed by atoms with van der Waals surface area (Å²) in [6.07, 6.45) is 7.76. The highest BCUT2D eigenvalue weighted by Gasteiger charge is 2.36. The number of carbonyl (C=O) groups is 1. The highest BCUT2D eigenvalue weighted by Crippen LogP contribution is 2.33. The van der Waals surface area contributed by atoms with Crippen LogP contribution in [0.25, 0.3) is 0 Å². The van der Waals surface area contributed by atoms with Crippen molar-refractivity contribution in [2.75, 3.05) is 20.1 Å². The van der Waals surface area contributed by atoms with Crippen molar-refractivity contribution in [1.29, 1.82) is 0 Å². The summed E-state index contributed by atoms with van der Waals surface area (Å²) in [6, 6.07) is 0.553. The monoisotopic (exact) mass is 296 g/mol. The molecule has 1 heterocycles. The molecule has 0 aromatic heterocycles. The van der Waals surface area contributed by atoms with Gasteiger partial charge in [0, 0.05) is 19.1 Å². The van der Waals surface area contributed by atoms with Crippen molar-refractivity contribution in [3.63, 3.8) is 0 Å². The fraction of sp³-hybridized carbons (Fsp3) is 0.941. The summed E-state index contributed by atoms with van der Waals surface area (Å²) in [4.78, 5) is 14.1. The third-order valence-electron chi connectivity index (χ3n) is 4.88. The molecular formula is C17H32N2O2. The van der Waals surface area contributed by atoms with E-state index < -0.39 is 5.60 Å². The van der Waals surface area contributed by atoms with Gasteiger partial charge < -0.3 is 15.0 Å². The average molecular weight is 296 g/mol. The van der Waals surface area contributed by atoms with Crippen molar-refractivity contribution in [2.24, 2.45) is 11.8 Å². The van der Waals surface area contributed by atoms with Crippen LogP contribution in [0.15, 0.2) is 0 Å². The van der Waals surface area contributed by atoms with Crippen LogP contribution >= 0.6 is 0 Å². The SMILES string of the molecule is CNC(C1CCCCC1)C1CCN(C(=O)OC(C)(C)C)C1. The van der Waals surface area contributed by atoms with Crippen LogP contribution in [0, 0.1) is 11.8 Å². The third-order valence-corrected chi connectivity index (χ3v) is 4.88. The summed E-state index contributed by atoms with van der Waals surface area (Å²) < 4.78 is 5.50. The molecule has 1 aliphatic heterocycles. The Morgan fingerprint density at radius 2 is 1.81 bits per heavy atom. The molecule has 1 amide bonds. The minimum absolute atomic E-state index is 0.150. The first-order chi connectivity index (χ1) is 9.90. The van der Waals surface area contributed by atoms with E-state index in [-0.39, 0.29) is 6.09 Å². The average Bonchev–Trinajstić information content (AvgIpc) is 2.89. The number of hydrogen-bond donors (Lipinski definition) is 1. The van der Waals surface area contributed by atoms with E-state index in [0.717, 1.165) is 25.4 Å². The Kier molecular flexibility index (Phi) is 5.53. The van der Waals surface area contributed by atoms with Gasteiger partial charge in [-0.1, -0.05) is 19.3 Å². The molecule has 1 N–H and O–H groups in total. The molecule has 0 spiro atoms. The van der Waals surface area contributed by atoms with Crippen LogP contribution in [-0.4, -0.2) is 42.8 Å². The summed E-state index contributed by atoms with van der Waals surface area (Å²) >= 11 is 0. The molecule has 1 saturated heterocycles. The lowest BCUT2D eigenvalue weighted by atomic mass is 9.78. The quantitative estimate of drug-likeness (QED) is 0.867. The van der Waals surface area contributed by atoms with Crippen molar-refractivity contribution in [2.45, 2.75) is 70.9 Å². The van der Waals surface area contributed by atoms with Gasteiger partial charge >= 0.3 is 6.09 Å². The van der Waals surface area contributed by atoms with E-state index in [1.807, 2.05) is 25.7 Å². The van der Waals surface area contributed by atoms with Gasteiger partial charge in [-0.25, -0.2) is 4.79 Å². The number of hydrogen-bond acceptors (Lipinski definition) is 3. The largest absolute Gasteiger partial charge is 0.444 e. The maximum absolute atomic E-state index is 12.2. The molecule has 2 fully saturated rings. The fourth-order valence-electron chi connectivity index (χ4n) is 3.92. The van der Waals surface area contributed by atoms with Crippen LogP contribution in [0.5, 0.6) is 0 Å². The highest BCUT2D eigenvalue weighted by molar-refractivity contribution is 5.68. The lowest BCUT2D eigenvalue weighted by molar-refractivity contribution is 0.0282. The molecule has 2 unspecified atom stereocenters. The van der Waals surface area contributed by atoms with Crippen LogP contribution in [-0.2, 0) is 4.74 Å². The topological polar surface area (TPSA) is 41.6 Å². The molecule has 4 heteroatoms. The second-order valence-electron chi connectivity index (χ2n) is 7.69. The van der Waals surface area contributed by atoms with Crippen LogP contribution in [0.2, 0.25) is 0 Å². The summed E-state index contributed by atoms with van der Waals surface area (Å²) in [7, 11) is 2.08. The van der Waals surface area contributed by atoms with Gasteiger partial charge in [0.05, 0.1) is 0 Å². The van der Waals surface area contributed by atoms with Gasteiger partial charge in [0.1, 0.15) is 5.60 Å².